The molecule has 4 nitrogen and oxygen atoms in total. The second kappa shape index (κ2) is 6.57. The van der Waals surface area contributed by atoms with Crippen molar-refractivity contribution in [2.75, 3.05) is 0 Å². The van der Waals surface area contributed by atoms with E-state index in [-0.39, 0.29) is 20.8 Å². The number of benzene rings is 2. The van der Waals surface area contributed by atoms with Crippen LogP contribution in [0.1, 0.15) is 26.3 Å². The highest BCUT2D eigenvalue weighted by Gasteiger charge is 2.23. The van der Waals surface area contributed by atoms with Crippen LogP contribution in [0, 0.1) is 0 Å². The topological polar surface area (TPSA) is 67.0 Å². The molecule has 1 aromatic heterocycles. The fraction of sp³-hybridized carbons (Fsp3) is 0.190. The van der Waals surface area contributed by atoms with Crippen molar-refractivity contribution in [3.05, 3.63) is 82.8 Å². The maximum Gasteiger partial charge on any atom is 0.255 e. The van der Waals surface area contributed by atoms with Gasteiger partial charge in [0.2, 0.25) is 9.84 Å². The number of hydrogen-bond acceptors (Lipinski definition) is 3. The highest BCUT2D eigenvalue weighted by molar-refractivity contribution is 7.91. The molecule has 0 aliphatic carbocycles. The predicted molar refractivity (Wildman–Crippen MR) is 103 cm³/mol. The van der Waals surface area contributed by atoms with Crippen molar-refractivity contribution in [2.45, 2.75) is 36.0 Å². The summed E-state index contributed by atoms with van der Waals surface area (Å²) >= 11 is 0. The lowest BCUT2D eigenvalue weighted by Crippen LogP contribution is -2.14. The Kier molecular flexibility index (Phi) is 4.59. The summed E-state index contributed by atoms with van der Waals surface area (Å²) in [5.41, 5.74) is 1.38. The number of pyridine rings is 1. The van der Waals surface area contributed by atoms with Crippen LogP contribution < -0.4 is 5.56 Å². The van der Waals surface area contributed by atoms with Gasteiger partial charge in [0.15, 0.2) is 0 Å². The highest BCUT2D eigenvalue weighted by Crippen LogP contribution is 2.32. The monoisotopic (exact) mass is 367 g/mol. The van der Waals surface area contributed by atoms with E-state index in [1.54, 1.807) is 60.8 Å². The van der Waals surface area contributed by atoms with Crippen LogP contribution in [0.25, 0.3) is 11.1 Å². The van der Waals surface area contributed by atoms with Gasteiger partial charge in [-0.2, -0.15) is 0 Å². The van der Waals surface area contributed by atoms with E-state index in [2.05, 4.69) is 4.98 Å². The van der Waals surface area contributed by atoms with Crippen LogP contribution in [0.15, 0.2) is 81.4 Å². The molecule has 3 aromatic rings. The maximum absolute atomic E-state index is 13.1. The summed E-state index contributed by atoms with van der Waals surface area (Å²) in [6.45, 7) is 6.04. The number of hydrogen-bond donors (Lipinski definition) is 1. The van der Waals surface area contributed by atoms with E-state index in [1.807, 2.05) is 26.8 Å². The Morgan fingerprint density at radius 1 is 0.846 bits per heavy atom. The lowest BCUT2D eigenvalue weighted by Gasteiger charge is -2.21. The zero-order chi connectivity index (χ0) is 18.9. The lowest BCUT2D eigenvalue weighted by atomic mass is 9.85. The number of nitrogens with one attached hydrogen (secondary N) is 1. The van der Waals surface area contributed by atoms with Crippen molar-refractivity contribution in [3.63, 3.8) is 0 Å². The van der Waals surface area contributed by atoms with Gasteiger partial charge in [-0.3, -0.25) is 4.79 Å². The summed E-state index contributed by atoms with van der Waals surface area (Å²) in [4.78, 5) is 15.3. The van der Waals surface area contributed by atoms with Crippen molar-refractivity contribution in [3.8, 4) is 11.1 Å². The highest BCUT2D eigenvalue weighted by atomic mass is 32.2. The van der Waals surface area contributed by atoms with E-state index < -0.39 is 9.84 Å². The summed E-state index contributed by atoms with van der Waals surface area (Å²) in [5.74, 6) is 0. The standard InChI is InChI=1S/C21H21NO3S/c1-21(2,3)16-12-15(19-10-7-11-22-20(19)23)13-18(14-16)26(24,25)17-8-5-4-6-9-17/h4-14H,1-3H3,(H,22,23). The summed E-state index contributed by atoms with van der Waals surface area (Å²) in [5, 5.41) is 0. The molecule has 0 radical (unpaired) electrons. The first-order chi connectivity index (χ1) is 12.2. The minimum absolute atomic E-state index is 0.189. The van der Waals surface area contributed by atoms with E-state index in [9.17, 15) is 13.2 Å². The molecule has 0 bridgehead atoms. The van der Waals surface area contributed by atoms with E-state index in [0.29, 0.717) is 11.1 Å². The Balaban J connectivity index is 2.29. The molecule has 1 heterocycles. The van der Waals surface area contributed by atoms with Gasteiger partial charge in [-0.15, -0.1) is 0 Å². The summed E-state index contributed by atoms with van der Waals surface area (Å²) < 4.78 is 26.2. The molecule has 0 amide bonds. The van der Waals surface area contributed by atoms with Gasteiger partial charge in [-0.25, -0.2) is 8.42 Å². The molecule has 1 N–H and O–H groups in total. The Morgan fingerprint density at radius 2 is 1.54 bits per heavy atom. The van der Waals surface area contributed by atoms with Crippen LogP contribution in [0.2, 0.25) is 0 Å². The molecule has 0 fully saturated rings. The van der Waals surface area contributed by atoms with E-state index >= 15 is 0 Å². The SMILES string of the molecule is CC(C)(C)c1cc(-c2ccc[nH]c2=O)cc(S(=O)(=O)c2ccccc2)c1. The van der Waals surface area contributed by atoms with Crippen LogP contribution in [-0.2, 0) is 15.3 Å². The Morgan fingerprint density at radius 3 is 2.15 bits per heavy atom. The summed E-state index contributed by atoms with van der Waals surface area (Å²) in [6, 6.07) is 16.9. The van der Waals surface area contributed by atoms with Crippen LogP contribution in [0.5, 0.6) is 0 Å². The van der Waals surface area contributed by atoms with E-state index in [0.717, 1.165) is 5.56 Å². The summed E-state index contributed by atoms with van der Waals surface area (Å²) in [7, 11) is -3.68. The predicted octanol–water partition coefficient (Wildman–Crippen LogP) is 4.17. The van der Waals surface area contributed by atoms with Gasteiger partial charge >= 0.3 is 0 Å². The van der Waals surface area contributed by atoms with E-state index in [1.165, 1.54) is 0 Å². The minimum atomic E-state index is -3.68. The fourth-order valence-electron chi connectivity index (χ4n) is 2.73. The third kappa shape index (κ3) is 3.48. The maximum atomic E-state index is 13.1. The van der Waals surface area contributed by atoms with Gasteiger partial charge in [0.1, 0.15) is 0 Å². The fourth-order valence-corrected chi connectivity index (χ4v) is 4.08. The van der Waals surface area contributed by atoms with E-state index in [4.69, 9.17) is 0 Å². The van der Waals surface area contributed by atoms with Crippen molar-refractivity contribution in [1.82, 2.24) is 4.98 Å². The molecular weight excluding hydrogens is 346 g/mol. The molecule has 134 valence electrons. The van der Waals surface area contributed by atoms with Gasteiger partial charge in [0.25, 0.3) is 5.56 Å². The number of H-pyrrole nitrogens is 1. The number of aromatic amines is 1. The molecule has 2 aromatic carbocycles. The van der Waals surface area contributed by atoms with Crippen LogP contribution in [0.4, 0.5) is 0 Å². The normalized spacial score (nSPS) is 12.1. The molecule has 0 saturated carbocycles. The molecule has 5 heteroatoms. The third-order valence-corrected chi connectivity index (χ3v) is 6.01. The zero-order valence-electron chi connectivity index (χ0n) is 15.0. The Bertz CT molecular complexity index is 1090. The van der Waals surface area contributed by atoms with Gasteiger partial charge in [0.05, 0.1) is 9.79 Å². The smallest absolute Gasteiger partial charge is 0.255 e. The molecule has 0 saturated heterocycles. The first kappa shape index (κ1) is 18.1. The number of rotatable bonds is 3. The largest absolute Gasteiger partial charge is 0.329 e. The van der Waals surface area contributed by atoms with Crippen molar-refractivity contribution in [1.29, 1.82) is 0 Å². The average Bonchev–Trinajstić information content (AvgIpc) is 2.62. The van der Waals surface area contributed by atoms with Gasteiger partial charge in [-0.05, 0) is 52.9 Å². The molecule has 3 rings (SSSR count). The molecule has 0 aliphatic heterocycles. The first-order valence-corrected chi connectivity index (χ1v) is 9.82. The van der Waals surface area contributed by atoms with Crippen molar-refractivity contribution < 1.29 is 8.42 Å². The van der Waals surface area contributed by atoms with Gasteiger partial charge in [-0.1, -0.05) is 45.0 Å². The van der Waals surface area contributed by atoms with Crippen LogP contribution >= 0.6 is 0 Å². The first-order valence-electron chi connectivity index (χ1n) is 8.33. The van der Waals surface area contributed by atoms with Crippen LogP contribution in [-0.4, -0.2) is 13.4 Å². The lowest BCUT2D eigenvalue weighted by molar-refractivity contribution is 0.584. The quantitative estimate of drug-likeness (QED) is 0.755. The number of sulfone groups is 1. The molecule has 0 spiro atoms. The van der Waals surface area contributed by atoms with Gasteiger partial charge in [0, 0.05) is 11.8 Å². The number of aromatic nitrogens is 1. The summed E-state index contributed by atoms with van der Waals surface area (Å²) in [6.07, 6.45) is 1.56. The van der Waals surface area contributed by atoms with Crippen molar-refractivity contribution in [2.24, 2.45) is 0 Å². The molecule has 0 aliphatic rings. The Hall–Kier alpha value is -2.66. The minimum Gasteiger partial charge on any atom is -0.329 e. The molecular formula is C21H21NO3S. The van der Waals surface area contributed by atoms with Crippen molar-refractivity contribution >= 4 is 9.84 Å². The molecule has 26 heavy (non-hydrogen) atoms. The second-order valence-corrected chi connectivity index (χ2v) is 9.18. The van der Waals surface area contributed by atoms with Gasteiger partial charge < -0.3 is 4.98 Å². The Labute approximate surface area is 153 Å². The average molecular weight is 367 g/mol. The van der Waals surface area contributed by atoms with Crippen LogP contribution in [0.3, 0.4) is 0 Å². The second-order valence-electron chi connectivity index (χ2n) is 7.23. The zero-order valence-corrected chi connectivity index (χ0v) is 15.8. The molecule has 0 unspecified atom stereocenters. The third-order valence-electron chi connectivity index (χ3n) is 4.27. The molecule has 0 atom stereocenters.